The molecule has 0 unspecified atom stereocenters. The highest BCUT2D eigenvalue weighted by Gasteiger charge is 2.16. The van der Waals surface area contributed by atoms with Crippen molar-refractivity contribution in [2.24, 2.45) is 5.73 Å². The van der Waals surface area contributed by atoms with Crippen LogP contribution in [0.25, 0.3) is 0 Å². The molecule has 0 heterocycles. The van der Waals surface area contributed by atoms with E-state index in [4.69, 9.17) is 5.73 Å². The Morgan fingerprint density at radius 1 is 1.29 bits per heavy atom. The summed E-state index contributed by atoms with van der Waals surface area (Å²) in [5, 5.41) is 0. The van der Waals surface area contributed by atoms with E-state index in [0.717, 1.165) is 17.5 Å². The number of nitrogens with one attached hydrogen (secondary N) is 1. The molecule has 1 rings (SSSR count). The SMILES string of the molecule is CCc1ccc(S(=O)(=O)NC(C)C)cc1CN. The summed E-state index contributed by atoms with van der Waals surface area (Å²) in [7, 11) is -3.42. The van der Waals surface area contributed by atoms with Crippen LogP contribution >= 0.6 is 0 Å². The van der Waals surface area contributed by atoms with Crippen LogP contribution in [-0.4, -0.2) is 14.5 Å². The highest BCUT2D eigenvalue weighted by molar-refractivity contribution is 7.89. The molecule has 0 fully saturated rings. The summed E-state index contributed by atoms with van der Waals surface area (Å²) in [5.41, 5.74) is 7.61. The molecular weight excluding hydrogens is 236 g/mol. The van der Waals surface area contributed by atoms with Gasteiger partial charge in [0.15, 0.2) is 0 Å². The van der Waals surface area contributed by atoms with E-state index in [9.17, 15) is 8.42 Å². The molecule has 1 aromatic carbocycles. The average Bonchev–Trinajstić information content (AvgIpc) is 2.26. The van der Waals surface area contributed by atoms with Gasteiger partial charge in [-0.05, 0) is 43.5 Å². The molecule has 3 N–H and O–H groups in total. The van der Waals surface area contributed by atoms with Crippen LogP contribution in [0.3, 0.4) is 0 Å². The van der Waals surface area contributed by atoms with E-state index in [1.54, 1.807) is 26.0 Å². The second-order valence-electron chi connectivity index (χ2n) is 4.26. The summed E-state index contributed by atoms with van der Waals surface area (Å²) in [6, 6.07) is 5.00. The first-order valence-corrected chi connectivity index (χ1v) is 7.23. The topological polar surface area (TPSA) is 72.2 Å². The lowest BCUT2D eigenvalue weighted by Gasteiger charge is -2.12. The summed E-state index contributed by atoms with van der Waals surface area (Å²) in [6.45, 7) is 5.97. The van der Waals surface area contributed by atoms with Crippen LogP contribution in [0.15, 0.2) is 23.1 Å². The Bertz CT molecular complexity index is 481. The second-order valence-corrected chi connectivity index (χ2v) is 5.98. The van der Waals surface area contributed by atoms with Gasteiger partial charge in [-0.2, -0.15) is 0 Å². The third-order valence-electron chi connectivity index (χ3n) is 2.48. The van der Waals surface area contributed by atoms with Crippen LogP contribution in [0.5, 0.6) is 0 Å². The lowest BCUT2D eigenvalue weighted by atomic mass is 10.1. The number of aryl methyl sites for hydroxylation is 1. The first-order valence-electron chi connectivity index (χ1n) is 5.75. The summed E-state index contributed by atoms with van der Waals surface area (Å²) in [6.07, 6.45) is 0.852. The smallest absolute Gasteiger partial charge is 0.240 e. The van der Waals surface area contributed by atoms with E-state index in [0.29, 0.717) is 6.54 Å². The summed E-state index contributed by atoms with van der Waals surface area (Å²) >= 11 is 0. The highest BCUT2D eigenvalue weighted by atomic mass is 32.2. The molecule has 1 aromatic rings. The molecular formula is C12H20N2O2S. The minimum Gasteiger partial charge on any atom is -0.326 e. The van der Waals surface area contributed by atoms with E-state index < -0.39 is 10.0 Å². The number of hydrogen-bond acceptors (Lipinski definition) is 3. The van der Waals surface area contributed by atoms with Gasteiger partial charge in [-0.15, -0.1) is 0 Å². The van der Waals surface area contributed by atoms with Gasteiger partial charge < -0.3 is 5.73 Å². The third kappa shape index (κ3) is 3.52. The molecule has 17 heavy (non-hydrogen) atoms. The Balaban J connectivity index is 3.16. The van der Waals surface area contributed by atoms with Crippen molar-refractivity contribution in [3.8, 4) is 0 Å². The number of rotatable bonds is 5. The standard InChI is InChI=1S/C12H20N2O2S/c1-4-10-5-6-12(7-11(10)8-13)17(15,16)14-9(2)3/h5-7,9,14H,4,8,13H2,1-3H3. The number of hydrogen-bond donors (Lipinski definition) is 2. The predicted octanol–water partition coefficient (Wildman–Crippen LogP) is 1.39. The van der Waals surface area contributed by atoms with Crippen molar-refractivity contribution < 1.29 is 8.42 Å². The van der Waals surface area contributed by atoms with Crippen molar-refractivity contribution in [2.45, 2.75) is 44.7 Å². The largest absolute Gasteiger partial charge is 0.326 e. The minimum atomic E-state index is -3.42. The van der Waals surface area contributed by atoms with Crippen molar-refractivity contribution in [1.82, 2.24) is 4.72 Å². The quantitative estimate of drug-likeness (QED) is 0.836. The zero-order chi connectivity index (χ0) is 13.1. The van der Waals surface area contributed by atoms with Gasteiger partial charge in [0.05, 0.1) is 4.90 Å². The average molecular weight is 256 g/mol. The zero-order valence-corrected chi connectivity index (χ0v) is 11.3. The van der Waals surface area contributed by atoms with E-state index in [1.165, 1.54) is 0 Å². The van der Waals surface area contributed by atoms with Gasteiger partial charge in [0.2, 0.25) is 10.0 Å². The molecule has 0 aliphatic carbocycles. The Labute approximate surface area is 103 Å². The van der Waals surface area contributed by atoms with E-state index in [-0.39, 0.29) is 10.9 Å². The van der Waals surface area contributed by atoms with Crippen LogP contribution < -0.4 is 10.5 Å². The van der Waals surface area contributed by atoms with E-state index >= 15 is 0 Å². The predicted molar refractivity (Wildman–Crippen MR) is 69.2 cm³/mol. The first kappa shape index (κ1) is 14.2. The van der Waals surface area contributed by atoms with Gasteiger partial charge in [0.1, 0.15) is 0 Å². The lowest BCUT2D eigenvalue weighted by Crippen LogP contribution is -2.30. The van der Waals surface area contributed by atoms with Gasteiger partial charge in [0.25, 0.3) is 0 Å². The molecule has 5 heteroatoms. The molecule has 0 radical (unpaired) electrons. The molecule has 0 saturated carbocycles. The third-order valence-corrected chi connectivity index (χ3v) is 4.14. The molecule has 0 aromatic heterocycles. The molecule has 0 bridgehead atoms. The van der Waals surface area contributed by atoms with Crippen molar-refractivity contribution in [3.05, 3.63) is 29.3 Å². The highest BCUT2D eigenvalue weighted by Crippen LogP contribution is 2.16. The maximum atomic E-state index is 12.0. The molecule has 0 amide bonds. The van der Waals surface area contributed by atoms with E-state index in [2.05, 4.69) is 4.72 Å². The minimum absolute atomic E-state index is 0.118. The zero-order valence-electron chi connectivity index (χ0n) is 10.5. The van der Waals surface area contributed by atoms with Crippen LogP contribution in [0.4, 0.5) is 0 Å². The van der Waals surface area contributed by atoms with Crippen molar-refractivity contribution in [1.29, 1.82) is 0 Å². The van der Waals surface area contributed by atoms with Gasteiger partial charge in [0, 0.05) is 12.6 Å². The van der Waals surface area contributed by atoms with Crippen LogP contribution in [-0.2, 0) is 23.0 Å². The van der Waals surface area contributed by atoms with Gasteiger partial charge in [-0.3, -0.25) is 0 Å². The Morgan fingerprint density at radius 2 is 1.94 bits per heavy atom. The maximum absolute atomic E-state index is 12.0. The van der Waals surface area contributed by atoms with Gasteiger partial charge >= 0.3 is 0 Å². The summed E-state index contributed by atoms with van der Waals surface area (Å²) in [5.74, 6) is 0. The number of sulfonamides is 1. The van der Waals surface area contributed by atoms with Crippen molar-refractivity contribution >= 4 is 10.0 Å². The molecule has 0 saturated heterocycles. The fraction of sp³-hybridized carbons (Fsp3) is 0.500. The van der Waals surface area contributed by atoms with Crippen molar-refractivity contribution in [2.75, 3.05) is 0 Å². The normalized spacial score (nSPS) is 12.1. The Hall–Kier alpha value is -0.910. The van der Waals surface area contributed by atoms with Gasteiger partial charge in [-0.1, -0.05) is 13.0 Å². The monoisotopic (exact) mass is 256 g/mol. The van der Waals surface area contributed by atoms with E-state index in [1.807, 2.05) is 13.0 Å². The Morgan fingerprint density at radius 3 is 2.41 bits per heavy atom. The molecule has 96 valence electrons. The van der Waals surface area contributed by atoms with Crippen LogP contribution in [0.1, 0.15) is 31.9 Å². The van der Waals surface area contributed by atoms with Crippen LogP contribution in [0, 0.1) is 0 Å². The molecule has 0 aliphatic rings. The molecule has 4 nitrogen and oxygen atoms in total. The Kier molecular flexibility index (Phi) is 4.68. The second kappa shape index (κ2) is 5.62. The summed E-state index contributed by atoms with van der Waals surface area (Å²) < 4.78 is 26.5. The van der Waals surface area contributed by atoms with Crippen molar-refractivity contribution in [3.63, 3.8) is 0 Å². The molecule has 0 atom stereocenters. The number of nitrogens with two attached hydrogens (primary N) is 1. The molecule has 0 spiro atoms. The number of benzene rings is 1. The van der Waals surface area contributed by atoms with Crippen LogP contribution in [0.2, 0.25) is 0 Å². The fourth-order valence-corrected chi connectivity index (χ4v) is 2.98. The summed E-state index contributed by atoms with van der Waals surface area (Å²) in [4.78, 5) is 0.281. The fourth-order valence-electron chi connectivity index (χ4n) is 1.68. The molecule has 0 aliphatic heterocycles. The maximum Gasteiger partial charge on any atom is 0.240 e. The first-order chi connectivity index (χ1) is 7.90. The van der Waals surface area contributed by atoms with Gasteiger partial charge in [-0.25, -0.2) is 13.1 Å². The lowest BCUT2D eigenvalue weighted by molar-refractivity contribution is 0.569.